The van der Waals surface area contributed by atoms with Crippen LogP contribution < -0.4 is 5.11 Å². The van der Waals surface area contributed by atoms with E-state index in [0.29, 0.717) is 11.3 Å². The second-order valence-corrected chi connectivity index (χ2v) is 7.16. The van der Waals surface area contributed by atoms with Crippen molar-refractivity contribution in [1.29, 1.82) is 0 Å². The van der Waals surface area contributed by atoms with Gasteiger partial charge in [-0.1, -0.05) is 30.3 Å². The molecule has 0 fully saturated rings. The Morgan fingerprint density at radius 3 is 2.42 bits per heavy atom. The fourth-order valence-corrected chi connectivity index (χ4v) is 3.41. The van der Waals surface area contributed by atoms with Gasteiger partial charge in [0.05, 0.1) is 10.6 Å². The van der Waals surface area contributed by atoms with Crippen LogP contribution in [0.1, 0.15) is 12.5 Å². The lowest BCUT2D eigenvalue weighted by atomic mass is 10.0. The number of phenolic OH excluding ortho intramolecular Hbond substituents is 1. The van der Waals surface area contributed by atoms with Crippen molar-refractivity contribution in [3.8, 4) is 5.75 Å². The largest absolute Gasteiger partial charge is 0.861 e. The first-order valence-corrected chi connectivity index (χ1v) is 9.14. The van der Waals surface area contributed by atoms with Gasteiger partial charge in [-0.3, -0.25) is 4.99 Å². The van der Waals surface area contributed by atoms with E-state index < -0.39 is 15.9 Å². The van der Waals surface area contributed by atoms with Crippen LogP contribution in [0, 0.1) is 0 Å². The third kappa shape index (κ3) is 3.73. The Balaban J connectivity index is 1.93. The normalized spacial score (nSPS) is 12.7. The average molecular weight is 367 g/mol. The molecule has 0 unspecified atom stereocenters. The zero-order valence-corrected chi connectivity index (χ0v) is 14.6. The maximum absolute atomic E-state index is 11.9. The van der Waals surface area contributed by atoms with Crippen LogP contribution in [-0.4, -0.2) is 25.6 Å². The molecular formula is C19H15N2O4S-. The van der Waals surface area contributed by atoms with Crippen molar-refractivity contribution in [3.63, 3.8) is 0 Å². The number of benzene rings is 3. The third-order valence-corrected chi connectivity index (χ3v) is 5.04. The molecule has 6 nitrogen and oxygen atoms in total. The van der Waals surface area contributed by atoms with E-state index in [1.165, 1.54) is 30.5 Å². The molecule has 0 spiro atoms. The fraction of sp³-hybridized carbons (Fsp3) is 0.0526. The first-order valence-electron chi connectivity index (χ1n) is 7.70. The van der Waals surface area contributed by atoms with Crippen molar-refractivity contribution < 1.29 is 18.6 Å². The van der Waals surface area contributed by atoms with Gasteiger partial charge in [0.2, 0.25) is 0 Å². The molecule has 0 saturated heterocycles. The Hall–Kier alpha value is -3.19. The van der Waals surface area contributed by atoms with Crippen LogP contribution in [0.15, 0.2) is 74.9 Å². The van der Waals surface area contributed by atoms with E-state index >= 15 is 0 Å². The van der Waals surface area contributed by atoms with E-state index in [4.69, 9.17) is 0 Å². The van der Waals surface area contributed by atoms with Crippen molar-refractivity contribution in [3.05, 3.63) is 66.2 Å². The van der Waals surface area contributed by atoms with Crippen LogP contribution in [-0.2, 0) is 10.0 Å². The minimum Gasteiger partial charge on any atom is -0.861 e. The molecule has 0 radical (unpaired) electrons. The second kappa shape index (κ2) is 6.97. The zero-order chi connectivity index (χ0) is 18.7. The predicted molar refractivity (Wildman–Crippen MR) is 99.6 cm³/mol. The summed E-state index contributed by atoms with van der Waals surface area (Å²) in [6.45, 7) is 1.08. The number of nitrogens with zero attached hydrogens (tertiary/aromatic N) is 2. The number of aromatic hydroxyl groups is 1. The van der Waals surface area contributed by atoms with Crippen molar-refractivity contribution in [1.82, 2.24) is 0 Å². The topological polar surface area (TPSA) is 102 Å². The van der Waals surface area contributed by atoms with Crippen LogP contribution in [0.25, 0.3) is 10.8 Å². The van der Waals surface area contributed by atoms with Crippen LogP contribution in [0.4, 0.5) is 5.69 Å². The molecule has 3 rings (SSSR count). The summed E-state index contributed by atoms with van der Waals surface area (Å²) in [7, 11) is -4.00. The summed E-state index contributed by atoms with van der Waals surface area (Å²) in [4.78, 5) is 4.21. The Morgan fingerprint density at radius 2 is 1.73 bits per heavy atom. The van der Waals surface area contributed by atoms with Gasteiger partial charge >= 0.3 is 0 Å². The quantitative estimate of drug-likeness (QED) is 0.566. The summed E-state index contributed by atoms with van der Waals surface area (Å²) in [6, 6.07) is 16.7. The second-order valence-electron chi connectivity index (χ2n) is 5.56. The summed E-state index contributed by atoms with van der Waals surface area (Å²) in [5.41, 5.74) is 1.07. The van der Waals surface area contributed by atoms with E-state index in [-0.39, 0.29) is 10.6 Å². The first-order chi connectivity index (χ1) is 12.4. The fourth-order valence-electron chi connectivity index (χ4n) is 2.48. The van der Waals surface area contributed by atoms with E-state index in [1.807, 2.05) is 30.3 Å². The Morgan fingerprint density at radius 1 is 1.04 bits per heavy atom. The maximum atomic E-state index is 11.9. The van der Waals surface area contributed by atoms with Crippen LogP contribution in [0.3, 0.4) is 0 Å². The molecule has 0 heterocycles. The molecule has 0 amide bonds. The maximum Gasteiger partial charge on any atom is 0.281 e. The SMILES string of the molecule is CC([O-])=NS(=O)(=O)c1ccc(N=Cc2c(O)ccc3ccccc23)cc1. The van der Waals surface area contributed by atoms with Crippen LogP contribution >= 0.6 is 0 Å². The first kappa shape index (κ1) is 17.6. The summed E-state index contributed by atoms with van der Waals surface area (Å²) >= 11 is 0. The van der Waals surface area contributed by atoms with Crippen LogP contribution in [0.5, 0.6) is 5.75 Å². The van der Waals surface area contributed by atoms with Gasteiger partial charge in [0.1, 0.15) is 5.75 Å². The molecule has 7 heteroatoms. The molecular weight excluding hydrogens is 352 g/mol. The number of rotatable bonds is 4. The summed E-state index contributed by atoms with van der Waals surface area (Å²) in [6.07, 6.45) is 1.53. The minimum atomic E-state index is -4.00. The molecule has 0 aromatic heterocycles. The molecule has 26 heavy (non-hydrogen) atoms. The highest BCUT2D eigenvalue weighted by Crippen LogP contribution is 2.26. The summed E-state index contributed by atoms with van der Waals surface area (Å²) in [5, 5.41) is 22.8. The van der Waals surface area contributed by atoms with Gasteiger partial charge in [0.25, 0.3) is 10.0 Å². The zero-order valence-electron chi connectivity index (χ0n) is 13.8. The molecule has 0 atom stereocenters. The van der Waals surface area contributed by atoms with Gasteiger partial charge in [-0.15, -0.1) is 0 Å². The Bertz CT molecular complexity index is 1110. The lowest BCUT2D eigenvalue weighted by molar-refractivity contribution is -0.215. The smallest absolute Gasteiger partial charge is 0.281 e. The lowest BCUT2D eigenvalue weighted by Crippen LogP contribution is -2.14. The predicted octanol–water partition coefficient (Wildman–Crippen LogP) is 2.76. The van der Waals surface area contributed by atoms with Gasteiger partial charge < -0.3 is 10.2 Å². The molecule has 0 aliphatic rings. The third-order valence-electron chi connectivity index (χ3n) is 3.67. The van der Waals surface area contributed by atoms with Gasteiger partial charge in [0.15, 0.2) is 0 Å². The highest BCUT2D eigenvalue weighted by Gasteiger charge is 2.11. The number of hydrogen-bond acceptors (Lipinski definition) is 5. The molecule has 3 aromatic carbocycles. The van der Waals surface area contributed by atoms with Crippen molar-refractivity contribution in [2.45, 2.75) is 11.8 Å². The minimum absolute atomic E-state index is 0.0836. The van der Waals surface area contributed by atoms with E-state index in [0.717, 1.165) is 17.7 Å². The monoisotopic (exact) mass is 367 g/mol. The molecule has 1 N–H and O–H groups in total. The van der Waals surface area contributed by atoms with E-state index in [9.17, 15) is 18.6 Å². The van der Waals surface area contributed by atoms with Gasteiger partial charge in [-0.25, -0.2) is 0 Å². The molecule has 3 aromatic rings. The standard InChI is InChI=1S/C19H16N2O4S/c1-13(22)21-26(24,25)16-9-7-15(8-10-16)20-12-18-17-5-3-2-4-14(17)6-11-19(18)23/h2-12,23H,1H3,(H,21,22)/p-1. The molecule has 0 saturated carbocycles. The summed E-state index contributed by atoms with van der Waals surface area (Å²) in [5.74, 6) is -0.676. The molecule has 0 aliphatic heterocycles. The lowest BCUT2D eigenvalue weighted by Gasteiger charge is -2.05. The number of phenols is 1. The van der Waals surface area contributed by atoms with Crippen LogP contribution in [0.2, 0.25) is 0 Å². The number of fused-ring (bicyclic) bond motifs is 1. The number of aliphatic imine (C=N–C) groups is 1. The van der Waals surface area contributed by atoms with E-state index in [1.54, 1.807) is 6.07 Å². The molecule has 132 valence electrons. The number of hydrogen-bond donors (Lipinski definition) is 1. The van der Waals surface area contributed by atoms with Crippen molar-refractivity contribution in [2.24, 2.45) is 9.39 Å². The highest BCUT2D eigenvalue weighted by atomic mass is 32.2. The van der Waals surface area contributed by atoms with Gasteiger partial charge in [-0.2, -0.15) is 12.8 Å². The van der Waals surface area contributed by atoms with Crippen molar-refractivity contribution >= 4 is 38.6 Å². The Kier molecular flexibility index (Phi) is 4.73. The van der Waals surface area contributed by atoms with Gasteiger partial charge in [-0.05, 0) is 53.9 Å². The summed E-state index contributed by atoms with van der Waals surface area (Å²) < 4.78 is 26.8. The van der Waals surface area contributed by atoms with Gasteiger partial charge in [0, 0.05) is 11.8 Å². The van der Waals surface area contributed by atoms with E-state index in [2.05, 4.69) is 9.39 Å². The molecule has 0 bridgehead atoms. The average Bonchev–Trinajstić information content (AvgIpc) is 2.60. The number of sulfonamides is 1. The Labute approximate surface area is 150 Å². The van der Waals surface area contributed by atoms with Crippen molar-refractivity contribution in [2.75, 3.05) is 0 Å². The molecule has 0 aliphatic carbocycles. The highest BCUT2D eigenvalue weighted by molar-refractivity contribution is 7.90.